The minimum atomic E-state index is 0.454. The van der Waals surface area contributed by atoms with Crippen molar-refractivity contribution in [3.05, 3.63) is 47.3 Å². The number of nitrogens with zero attached hydrogens (tertiary/aromatic N) is 3. The van der Waals surface area contributed by atoms with Crippen molar-refractivity contribution in [2.45, 2.75) is 32.2 Å². The van der Waals surface area contributed by atoms with E-state index in [0.717, 1.165) is 24.2 Å². The number of fused-ring (bicyclic) bond motifs is 1. The van der Waals surface area contributed by atoms with Crippen LogP contribution in [0.5, 0.6) is 0 Å². The second-order valence-electron chi connectivity index (χ2n) is 5.42. The number of aromatic nitrogens is 2. The van der Waals surface area contributed by atoms with Crippen molar-refractivity contribution in [1.82, 2.24) is 9.78 Å². The van der Waals surface area contributed by atoms with Gasteiger partial charge in [0.1, 0.15) is 0 Å². The zero-order chi connectivity index (χ0) is 14.7. The van der Waals surface area contributed by atoms with E-state index in [0.29, 0.717) is 12.5 Å². The molecule has 21 heavy (non-hydrogen) atoms. The summed E-state index contributed by atoms with van der Waals surface area (Å²) < 4.78 is 1.81. The van der Waals surface area contributed by atoms with E-state index in [4.69, 9.17) is 5.73 Å². The summed E-state index contributed by atoms with van der Waals surface area (Å²) in [4.78, 5) is 4.39. The fourth-order valence-electron chi connectivity index (χ4n) is 2.80. The summed E-state index contributed by atoms with van der Waals surface area (Å²) in [7, 11) is 1.90. The monoisotopic (exact) mass is 283 g/mol. The first-order chi connectivity index (χ1) is 10.2. The number of hydrogen-bond acceptors (Lipinski definition) is 2. The van der Waals surface area contributed by atoms with Crippen LogP contribution in [0.25, 0.3) is 0 Å². The highest BCUT2D eigenvalue weighted by Crippen LogP contribution is 2.27. The van der Waals surface area contributed by atoms with Gasteiger partial charge in [0.05, 0.1) is 12.2 Å². The normalized spacial score (nSPS) is 14.8. The van der Waals surface area contributed by atoms with E-state index in [1.165, 1.54) is 24.0 Å². The number of nitrogens with one attached hydrogen (secondary N) is 1. The van der Waals surface area contributed by atoms with Gasteiger partial charge in [0.15, 0.2) is 5.96 Å². The van der Waals surface area contributed by atoms with Crippen molar-refractivity contribution in [2.75, 3.05) is 5.32 Å². The standard InChI is InChI=1S/C16H21N5/c1-21-13(9-10-19-21)11-18-16(17)20-15-8-4-6-12-5-2-3-7-14(12)15/h4,6,8-10H,2-3,5,7,11H2,1H3,(H3,17,18,20). The zero-order valence-corrected chi connectivity index (χ0v) is 12.3. The molecule has 0 radical (unpaired) electrons. The first kappa shape index (κ1) is 13.7. The van der Waals surface area contributed by atoms with Crippen LogP contribution in [0.2, 0.25) is 0 Å². The average Bonchev–Trinajstić information content (AvgIpc) is 2.91. The maximum absolute atomic E-state index is 6.01. The van der Waals surface area contributed by atoms with Crippen LogP contribution in [0, 0.1) is 0 Å². The Labute approximate surface area is 124 Å². The average molecular weight is 283 g/mol. The zero-order valence-electron chi connectivity index (χ0n) is 12.3. The first-order valence-corrected chi connectivity index (χ1v) is 7.38. The third kappa shape index (κ3) is 3.07. The summed E-state index contributed by atoms with van der Waals surface area (Å²) in [5.74, 6) is 0.454. The smallest absolute Gasteiger partial charge is 0.193 e. The van der Waals surface area contributed by atoms with Gasteiger partial charge in [-0.25, -0.2) is 4.99 Å². The largest absolute Gasteiger partial charge is 0.370 e. The van der Waals surface area contributed by atoms with Crippen molar-refractivity contribution in [2.24, 2.45) is 17.8 Å². The van der Waals surface area contributed by atoms with E-state index in [2.05, 4.69) is 33.6 Å². The van der Waals surface area contributed by atoms with Crippen molar-refractivity contribution in [1.29, 1.82) is 0 Å². The van der Waals surface area contributed by atoms with Gasteiger partial charge in [-0.05, 0) is 48.9 Å². The number of nitrogens with two attached hydrogens (primary N) is 1. The van der Waals surface area contributed by atoms with Gasteiger partial charge in [-0.2, -0.15) is 5.10 Å². The van der Waals surface area contributed by atoms with E-state index < -0.39 is 0 Å². The Kier molecular flexibility index (Phi) is 3.90. The van der Waals surface area contributed by atoms with Gasteiger partial charge in [0, 0.05) is 18.9 Å². The van der Waals surface area contributed by atoms with Crippen LogP contribution in [-0.2, 0) is 26.4 Å². The van der Waals surface area contributed by atoms with Gasteiger partial charge in [0.2, 0.25) is 0 Å². The Hall–Kier alpha value is -2.30. The van der Waals surface area contributed by atoms with Crippen LogP contribution in [0.3, 0.4) is 0 Å². The molecule has 0 amide bonds. The predicted octanol–water partition coefficient (Wildman–Crippen LogP) is 2.23. The van der Waals surface area contributed by atoms with E-state index in [9.17, 15) is 0 Å². The molecule has 110 valence electrons. The van der Waals surface area contributed by atoms with Crippen LogP contribution >= 0.6 is 0 Å². The highest BCUT2D eigenvalue weighted by Gasteiger charge is 2.13. The number of rotatable bonds is 3. The maximum Gasteiger partial charge on any atom is 0.193 e. The lowest BCUT2D eigenvalue weighted by Gasteiger charge is -2.19. The second kappa shape index (κ2) is 5.99. The molecule has 1 aliphatic rings. The molecule has 0 fully saturated rings. The summed E-state index contributed by atoms with van der Waals surface area (Å²) in [6, 6.07) is 8.32. The number of benzene rings is 1. The molecule has 0 spiro atoms. The topological polar surface area (TPSA) is 68.2 Å². The van der Waals surface area contributed by atoms with Crippen molar-refractivity contribution >= 4 is 11.6 Å². The molecule has 0 saturated heterocycles. The van der Waals surface area contributed by atoms with Crippen molar-refractivity contribution in [3.8, 4) is 0 Å². The van der Waals surface area contributed by atoms with Gasteiger partial charge in [0.25, 0.3) is 0 Å². The van der Waals surface area contributed by atoms with E-state index in [1.807, 2.05) is 13.1 Å². The predicted molar refractivity (Wildman–Crippen MR) is 85.2 cm³/mol. The van der Waals surface area contributed by atoms with Gasteiger partial charge in [-0.1, -0.05) is 12.1 Å². The number of guanidine groups is 1. The van der Waals surface area contributed by atoms with E-state index in [1.54, 1.807) is 10.9 Å². The van der Waals surface area contributed by atoms with Gasteiger partial charge in [-0.3, -0.25) is 4.68 Å². The summed E-state index contributed by atoms with van der Waals surface area (Å²) in [6.07, 6.45) is 6.57. The van der Waals surface area contributed by atoms with Crippen LogP contribution < -0.4 is 11.1 Å². The Morgan fingerprint density at radius 1 is 1.33 bits per heavy atom. The van der Waals surface area contributed by atoms with Crippen LogP contribution in [-0.4, -0.2) is 15.7 Å². The summed E-state index contributed by atoms with van der Waals surface area (Å²) in [5.41, 5.74) is 11.0. The molecule has 1 aromatic carbocycles. The molecule has 2 aromatic rings. The molecule has 3 N–H and O–H groups in total. The molecule has 3 rings (SSSR count). The van der Waals surface area contributed by atoms with Crippen LogP contribution in [0.15, 0.2) is 35.5 Å². The van der Waals surface area contributed by atoms with Gasteiger partial charge in [-0.15, -0.1) is 0 Å². The molecule has 1 aromatic heterocycles. The van der Waals surface area contributed by atoms with Crippen LogP contribution in [0.4, 0.5) is 5.69 Å². The molecule has 0 unspecified atom stereocenters. The molecular weight excluding hydrogens is 262 g/mol. The molecule has 0 saturated carbocycles. The molecule has 5 heteroatoms. The van der Waals surface area contributed by atoms with Crippen LogP contribution in [0.1, 0.15) is 29.7 Å². The lowest BCUT2D eigenvalue weighted by atomic mass is 9.90. The third-order valence-electron chi connectivity index (χ3n) is 3.99. The summed E-state index contributed by atoms with van der Waals surface area (Å²) >= 11 is 0. The van der Waals surface area contributed by atoms with Crippen molar-refractivity contribution < 1.29 is 0 Å². The highest BCUT2D eigenvalue weighted by molar-refractivity contribution is 5.93. The summed E-state index contributed by atoms with van der Waals surface area (Å²) in [6.45, 7) is 0.532. The Morgan fingerprint density at radius 3 is 3.00 bits per heavy atom. The minimum Gasteiger partial charge on any atom is -0.370 e. The Bertz CT molecular complexity index is 656. The number of aliphatic imine (C=N–C) groups is 1. The quantitative estimate of drug-likeness (QED) is 0.670. The molecule has 0 aliphatic heterocycles. The number of hydrogen-bond donors (Lipinski definition) is 2. The molecule has 0 atom stereocenters. The Morgan fingerprint density at radius 2 is 2.19 bits per heavy atom. The molecule has 1 heterocycles. The lowest BCUT2D eigenvalue weighted by molar-refractivity contribution is 0.687. The second-order valence-corrected chi connectivity index (χ2v) is 5.42. The molecule has 5 nitrogen and oxygen atoms in total. The lowest BCUT2D eigenvalue weighted by Crippen LogP contribution is -2.24. The van der Waals surface area contributed by atoms with Gasteiger partial charge < -0.3 is 11.1 Å². The van der Waals surface area contributed by atoms with E-state index in [-0.39, 0.29) is 0 Å². The maximum atomic E-state index is 6.01. The summed E-state index contributed by atoms with van der Waals surface area (Å²) in [5, 5.41) is 7.37. The fourth-order valence-corrected chi connectivity index (χ4v) is 2.80. The molecule has 0 bridgehead atoms. The van der Waals surface area contributed by atoms with Crippen molar-refractivity contribution in [3.63, 3.8) is 0 Å². The number of anilines is 1. The molecular formula is C16H21N5. The third-order valence-corrected chi connectivity index (χ3v) is 3.99. The first-order valence-electron chi connectivity index (χ1n) is 7.38. The fraction of sp³-hybridized carbons (Fsp3) is 0.375. The van der Waals surface area contributed by atoms with E-state index >= 15 is 0 Å². The minimum absolute atomic E-state index is 0.454. The number of aryl methyl sites for hydroxylation is 2. The molecule has 1 aliphatic carbocycles. The highest BCUT2D eigenvalue weighted by atomic mass is 15.3. The Balaban J connectivity index is 1.73. The SMILES string of the molecule is Cn1nccc1CN=C(N)Nc1cccc2c1CCCC2. The van der Waals surface area contributed by atoms with Gasteiger partial charge >= 0.3 is 0 Å².